The number of hydrogen-bond donors (Lipinski definition) is 3. The fourth-order valence-corrected chi connectivity index (χ4v) is 3.83. The lowest BCUT2D eigenvalue weighted by Gasteiger charge is -2.43. The van der Waals surface area contributed by atoms with Crippen molar-refractivity contribution < 1.29 is 19.4 Å². The molecule has 3 N–H and O–H groups in total. The number of likely N-dealkylation sites (tertiary alicyclic amines) is 1. The molecular weight excluding hydrogens is 401 g/mol. The summed E-state index contributed by atoms with van der Waals surface area (Å²) in [6, 6.07) is 6.22. The molecule has 8 nitrogen and oxygen atoms in total. The number of nitrogens with zero attached hydrogens (tertiary/aromatic N) is 4. The quantitative estimate of drug-likeness (QED) is 0.645. The van der Waals surface area contributed by atoms with Crippen LogP contribution in [0.1, 0.15) is 48.6 Å². The van der Waals surface area contributed by atoms with Crippen molar-refractivity contribution in [3.8, 4) is 11.6 Å². The highest BCUT2D eigenvalue weighted by molar-refractivity contribution is 5.95. The minimum absolute atomic E-state index is 0.125. The minimum atomic E-state index is -0.664. The monoisotopic (exact) mass is 431 g/mol. The van der Waals surface area contributed by atoms with Crippen molar-refractivity contribution in [2.24, 2.45) is 0 Å². The van der Waals surface area contributed by atoms with Gasteiger partial charge in [0, 0.05) is 25.7 Å². The van der Waals surface area contributed by atoms with Crippen LogP contribution in [0, 0.1) is 5.82 Å². The summed E-state index contributed by atoms with van der Waals surface area (Å²) < 4.78 is 13.0. The first kappa shape index (κ1) is 22.9. The van der Waals surface area contributed by atoms with E-state index in [2.05, 4.69) is 39.2 Å². The molecule has 0 bridgehead atoms. The molecule has 0 aliphatic carbocycles. The summed E-state index contributed by atoms with van der Waals surface area (Å²) in [5.74, 6) is -2.05. The minimum Gasteiger partial charge on any atom is -0.501 e. The lowest BCUT2D eigenvalue weighted by molar-refractivity contribution is 0.0544. The van der Waals surface area contributed by atoms with E-state index in [0.29, 0.717) is 11.6 Å². The van der Waals surface area contributed by atoms with E-state index in [9.17, 15) is 19.4 Å². The molecule has 3 rings (SSSR count). The highest BCUT2D eigenvalue weighted by Gasteiger charge is 2.36. The van der Waals surface area contributed by atoms with Gasteiger partial charge in [-0.15, -0.1) is 0 Å². The smallest absolute Gasteiger partial charge is 0.274 e. The third kappa shape index (κ3) is 5.11. The van der Waals surface area contributed by atoms with Crippen LogP contribution in [0.2, 0.25) is 0 Å². The fraction of sp³-hybridized carbons (Fsp3) is 0.500. The predicted octanol–water partition coefficient (Wildman–Crippen LogP) is 2.22. The van der Waals surface area contributed by atoms with Gasteiger partial charge in [-0.1, -0.05) is 12.1 Å². The van der Waals surface area contributed by atoms with E-state index < -0.39 is 23.1 Å². The summed E-state index contributed by atoms with van der Waals surface area (Å²) in [6.45, 7) is 5.66. The van der Waals surface area contributed by atoms with E-state index in [4.69, 9.17) is 0 Å². The van der Waals surface area contributed by atoms with E-state index in [1.807, 2.05) is 13.8 Å². The highest BCUT2D eigenvalue weighted by Crippen LogP contribution is 2.33. The molecule has 1 aliphatic rings. The van der Waals surface area contributed by atoms with Crippen LogP contribution in [0.3, 0.4) is 0 Å². The van der Waals surface area contributed by atoms with E-state index in [1.54, 1.807) is 12.1 Å². The Morgan fingerprint density at radius 1 is 1.19 bits per heavy atom. The van der Waals surface area contributed by atoms with Crippen LogP contribution >= 0.6 is 0 Å². The molecule has 1 aromatic heterocycles. The summed E-state index contributed by atoms with van der Waals surface area (Å²) in [4.78, 5) is 25.5. The fourth-order valence-electron chi connectivity index (χ4n) is 3.83. The van der Waals surface area contributed by atoms with E-state index in [-0.39, 0.29) is 23.9 Å². The SMILES string of the molecule is CN(C)C1CCN(C(C)(C)c2nc(O)c(O)c(C(=O)NCc3ccc(F)cc3)n2)CC1. The molecule has 1 fully saturated rings. The first-order valence-electron chi connectivity index (χ1n) is 10.3. The van der Waals surface area contributed by atoms with Crippen LogP contribution in [0.15, 0.2) is 24.3 Å². The lowest BCUT2D eigenvalue weighted by atomic mass is 9.95. The second kappa shape index (κ2) is 9.15. The number of benzene rings is 1. The first-order chi connectivity index (χ1) is 14.6. The van der Waals surface area contributed by atoms with Crippen LogP contribution in [-0.2, 0) is 12.1 Å². The van der Waals surface area contributed by atoms with Gasteiger partial charge in [0.1, 0.15) is 5.82 Å². The van der Waals surface area contributed by atoms with Gasteiger partial charge in [0.2, 0.25) is 5.75 Å². The van der Waals surface area contributed by atoms with Gasteiger partial charge in [0.15, 0.2) is 11.5 Å². The van der Waals surface area contributed by atoms with Crippen molar-refractivity contribution in [2.75, 3.05) is 27.2 Å². The summed E-state index contributed by atoms with van der Waals surface area (Å²) in [7, 11) is 4.15. The summed E-state index contributed by atoms with van der Waals surface area (Å²) in [5.41, 5.74) is -0.244. The molecule has 1 amide bonds. The number of carbonyl (C=O) groups is 1. The molecule has 0 atom stereocenters. The summed E-state index contributed by atoms with van der Waals surface area (Å²) in [6.07, 6.45) is 1.98. The molecule has 31 heavy (non-hydrogen) atoms. The zero-order valence-electron chi connectivity index (χ0n) is 18.4. The second-order valence-electron chi connectivity index (χ2n) is 8.62. The number of carbonyl (C=O) groups excluding carboxylic acids is 1. The molecule has 1 aromatic carbocycles. The third-order valence-corrected chi connectivity index (χ3v) is 5.98. The number of piperidine rings is 1. The number of amides is 1. The van der Waals surface area contributed by atoms with Crippen molar-refractivity contribution in [3.05, 3.63) is 47.2 Å². The van der Waals surface area contributed by atoms with Gasteiger partial charge in [-0.25, -0.2) is 9.37 Å². The Hall–Kier alpha value is -2.78. The third-order valence-electron chi connectivity index (χ3n) is 5.98. The van der Waals surface area contributed by atoms with Crippen LogP contribution in [0.5, 0.6) is 11.6 Å². The van der Waals surface area contributed by atoms with E-state index >= 15 is 0 Å². The molecule has 168 valence electrons. The van der Waals surface area contributed by atoms with Crippen molar-refractivity contribution in [1.82, 2.24) is 25.1 Å². The van der Waals surface area contributed by atoms with Gasteiger partial charge in [0.05, 0.1) is 5.54 Å². The molecule has 9 heteroatoms. The predicted molar refractivity (Wildman–Crippen MR) is 114 cm³/mol. The average Bonchev–Trinajstić information content (AvgIpc) is 2.74. The molecule has 0 saturated carbocycles. The van der Waals surface area contributed by atoms with Crippen molar-refractivity contribution in [3.63, 3.8) is 0 Å². The first-order valence-corrected chi connectivity index (χ1v) is 10.3. The van der Waals surface area contributed by atoms with E-state index in [0.717, 1.165) is 25.9 Å². The molecule has 1 saturated heterocycles. The number of halogens is 1. The maximum atomic E-state index is 13.0. The van der Waals surface area contributed by atoms with Crippen molar-refractivity contribution in [2.45, 2.75) is 44.8 Å². The Morgan fingerprint density at radius 3 is 2.39 bits per heavy atom. The van der Waals surface area contributed by atoms with Gasteiger partial charge in [-0.3, -0.25) is 9.69 Å². The highest BCUT2D eigenvalue weighted by atomic mass is 19.1. The Bertz CT molecular complexity index is 925. The average molecular weight is 432 g/mol. The molecule has 2 aromatic rings. The van der Waals surface area contributed by atoms with E-state index in [1.165, 1.54) is 12.1 Å². The van der Waals surface area contributed by atoms with Crippen molar-refractivity contribution in [1.29, 1.82) is 0 Å². The Kier molecular flexibility index (Phi) is 6.76. The van der Waals surface area contributed by atoms with Gasteiger partial charge in [0.25, 0.3) is 11.8 Å². The summed E-state index contributed by atoms with van der Waals surface area (Å²) in [5, 5.41) is 23.0. The zero-order chi connectivity index (χ0) is 22.8. The number of nitrogens with one attached hydrogen (secondary N) is 1. The lowest BCUT2D eigenvalue weighted by Crippen LogP contribution is -2.50. The van der Waals surface area contributed by atoms with Crippen LogP contribution in [-0.4, -0.2) is 69.1 Å². The van der Waals surface area contributed by atoms with Gasteiger partial charge in [-0.2, -0.15) is 4.98 Å². The second-order valence-corrected chi connectivity index (χ2v) is 8.62. The number of aromatic nitrogens is 2. The van der Waals surface area contributed by atoms with Crippen LogP contribution in [0.25, 0.3) is 0 Å². The molecule has 0 spiro atoms. The Balaban J connectivity index is 1.78. The standard InChI is InChI=1S/C22H30FN5O3/c1-22(2,28-11-9-16(10-12-28)27(3)4)21-25-17(18(29)20(31)26-21)19(30)24-13-14-5-7-15(23)8-6-14/h5-8,16,29H,9-13H2,1-4H3,(H,24,30)(H,25,26,31). The number of hydrogen-bond acceptors (Lipinski definition) is 7. The maximum Gasteiger partial charge on any atom is 0.274 e. The molecule has 0 radical (unpaired) electrons. The van der Waals surface area contributed by atoms with Gasteiger partial charge in [-0.05, 0) is 58.5 Å². The van der Waals surface area contributed by atoms with Gasteiger partial charge < -0.3 is 20.4 Å². The van der Waals surface area contributed by atoms with Crippen molar-refractivity contribution >= 4 is 5.91 Å². The maximum absolute atomic E-state index is 13.0. The summed E-state index contributed by atoms with van der Waals surface area (Å²) >= 11 is 0. The molecule has 1 aliphatic heterocycles. The normalized spacial score (nSPS) is 15.9. The Labute approximate surface area is 181 Å². The molecule has 2 heterocycles. The zero-order valence-corrected chi connectivity index (χ0v) is 18.4. The molecule has 0 unspecified atom stereocenters. The van der Waals surface area contributed by atoms with Crippen LogP contribution < -0.4 is 5.32 Å². The number of aromatic hydroxyl groups is 2. The van der Waals surface area contributed by atoms with Crippen LogP contribution in [0.4, 0.5) is 4.39 Å². The largest absolute Gasteiger partial charge is 0.501 e. The van der Waals surface area contributed by atoms with Gasteiger partial charge >= 0.3 is 0 Å². The Morgan fingerprint density at radius 2 is 1.81 bits per heavy atom. The number of rotatable bonds is 6. The molecular formula is C22H30FN5O3. The topological polar surface area (TPSA) is 102 Å².